The number of hydrogen-bond donors (Lipinski definition) is 1. The fraction of sp³-hybridized carbons (Fsp3) is 1.00. The van der Waals surface area contributed by atoms with Crippen LogP contribution in [-0.4, -0.2) is 12.6 Å². The molecule has 1 saturated heterocycles. The molecule has 1 aliphatic rings. The van der Waals surface area contributed by atoms with Gasteiger partial charge in [-0.05, 0) is 32.2 Å². The molecule has 1 N–H and O–H groups in total. The van der Waals surface area contributed by atoms with E-state index in [0.717, 1.165) is 12.0 Å². The van der Waals surface area contributed by atoms with Crippen molar-refractivity contribution in [2.75, 3.05) is 6.54 Å². The smallest absolute Gasteiger partial charge is 0.00387 e. The van der Waals surface area contributed by atoms with E-state index in [0.29, 0.717) is 0 Å². The van der Waals surface area contributed by atoms with Gasteiger partial charge in [0.15, 0.2) is 0 Å². The Labute approximate surface area is 115 Å². The molecule has 1 rings (SSSR count). The molecule has 1 heterocycles. The first-order valence-corrected chi connectivity index (χ1v) is 8.52. The molecule has 0 aromatic heterocycles. The number of nitrogens with one attached hydrogen (secondary N) is 1. The predicted molar refractivity (Wildman–Crippen MR) is 82.0 cm³/mol. The predicted octanol–water partition coefficient (Wildman–Crippen LogP) is 5.30. The Balaban J connectivity index is 2.17. The highest BCUT2D eigenvalue weighted by Crippen LogP contribution is 2.18. The van der Waals surface area contributed by atoms with Crippen molar-refractivity contribution in [3.05, 3.63) is 0 Å². The van der Waals surface area contributed by atoms with E-state index in [4.69, 9.17) is 0 Å². The lowest BCUT2D eigenvalue weighted by molar-refractivity contribution is 0.416. The van der Waals surface area contributed by atoms with E-state index in [-0.39, 0.29) is 0 Å². The fourth-order valence-corrected chi connectivity index (χ4v) is 3.04. The maximum Gasteiger partial charge on any atom is 0.00387 e. The van der Waals surface area contributed by atoms with E-state index in [1.165, 1.54) is 83.6 Å². The second-order valence-electron chi connectivity index (χ2n) is 6.51. The first kappa shape index (κ1) is 16.0. The molecule has 1 aliphatic heterocycles. The third kappa shape index (κ3) is 8.97. The Morgan fingerprint density at radius 1 is 0.611 bits per heavy atom. The lowest BCUT2D eigenvalue weighted by atomic mass is 9.95. The summed E-state index contributed by atoms with van der Waals surface area (Å²) in [5, 5.41) is 3.67. The van der Waals surface area contributed by atoms with Gasteiger partial charge in [0.2, 0.25) is 0 Å². The minimum atomic E-state index is 0.733. The van der Waals surface area contributed by atoms with Crippen LogP contribution in [-0.2, 0) is 0 Å². The summed E-state index contributed by atoms with van der Waals surface area (Å²) in [4.78, 5) is 0. The first-order valence-electron chi connectivity index (χ1n) is 8.52. The lowest BCUT2D eigenvalue weighted by Crippen LogP contribution is -2.26. The Hall–Kier alpha value is -0.0400. The van der Waals surface area contributed by atoms with Gasteiger partial charge in [-0.25, -0.2) is 0 Å². The van der Waals surface area contributed by atoms with Gasteiger partial charge in [-0.3, -0.25) is 0 Å². The van der Waals surface area contributed by atoms with Crippen LogP contribution in [0.2, 0.25) is 0 Å². The van der Waals surface area contributed by atoms with Gasteiger partial charge < -0.3 is 5.32 Å². The summed E-state index contributed by atoms with van der Waals surface area (Å²) in [6, 6.07) is 0.733. The van der Waals surface area contributed by atoms with E-state index >= 15 is 0 Å². The van der Waals surface area contributed by atoms with Crippen molar-refractivity contribution in [1.29, 1.82) is 0 Å². The van der Waals surface area contributed by atoms with Crippen molar-refractivity contribution in [2.45, 2.75) is 96.9 Å². The summed E-state index contributed by atoms with van der Waals surface area (Å²) in [6.45, 7) is 6.04. The van der Waals surface area contributed by atoms with Gasteiger partial charge in [0.25, 0.3) is 0 Å². The molecule has 108 valence electrons. The van der Waals surface area contributed by atoms with Gasteiger partial charge in [0.05, 0.1) is 0 Å². The van der Waals surface area contributed by atoms with Gasteiger partial charge >= 0.3 is 0 Å². The van der Waals surface area contributed by atoms with Crippen molar-refractivity contribution >= 4 is 0 Å². The zero-order valence-corrected chi connectivity index (χ0v) is 12.8. The van der Waals surface area contributed by atoms with Crippen LogP contribution in [0, 0.1) is 5.92 Å². The number of rotatable bonds is 0. The van der Waals surface area contributed by atoms with Crippen molar-refractivity contribution in [3.8, 4) is 0 Å². The Kier molecular flexibility index (Phi) is 9.65. The molecule has 0 amide bonds. The highest BCUT2D eigenvalue weighted by atomic mass is 14.9. The van der Waals surface area contributed by atoms with Crippen LogP contribution in [0.15, 0.2) is 0 Å². The van der Waals surface area contributed by atoms with E-state index in [1.807, 2.05) is 0 Å². The molecule has 0 bridgehead atoms. The lowest BCUT2D eigenvalue weighted by Gasteiger charge is -2.15. The third-order valence-corrected chi connectivity index (χ3v) is 4.45. The quantitative estimate of drug-likeness (QED) is 0.618. The van der Waals surface area contributed by atoms with Crippen LogP contribution < -0.4 is 5.32 Å². The zero-order chi connectivity index (χ0) is 13.1. The average Bonchev–Trinajstić information content (AvgIpc) is 2.35. The molecule has 2 unspecified atom stereocenters. The molecule has 0 aliphatic carbocycles. The monoisotopic (exact) mass is 253 g/mol. The molecule has 1 fully saturated rings. The Bertz CT molecular complexity index is 158. The zero-order valence-electron chi connectivity index (χ0n) is 12.8. The van der Waals surface area contributed by atoms with Crippen LogP contribution >= 0.6 is 0 Å². The van der Waals surface area contributed by atoms with Crippen LogP contribution in [0.3, 0.4) is 0 Å². The number of hydrogen-bond acceptors (Lipinski definition) is 1. The van der Waals surface area contributed by atoms with Gasteiger partial charge in [-0.1, -0.05) is 71.1 Å². The molecule has 0 saturated carbocycles. The summed E-state index contributed by atoms with van der Waals surface area (Å²) in [5.74, 6) is 0.971. The van der Waals surface area contributed by atoms with E-state index in [9.17, 15) is 0 Å². The average molecular weight is 253 g/mol. The molecule has 0 aromatic carbocycles. The Morgan fingerprint density at radius 2 is 1.11 bits per heavy atom. The Morgan fingerprint density at radius 3 is 1.78 bits per heavy atom. The molecule has 2 atom stereocenters. The van der Waals surface area contributed by atoms with Crippen molar-refractivity contribution in [2.24, 2.45) is 5.92 Å². The second-order valence-corrected chi connectivity index (χ2v) is 6.51. The minimum absolute atomic E-state index is 0.733. The van der Waals surface area contributed by atoms with Crippen LogP contribution in [0.1, 0.15) is 90.9 Å². The largest absolute Gasteiger partial charge is 0.314 e. The van der Waals surface area contributed by atoms with E-state index < -0.39 is 0 Å². The summed E-state index contributed by atoms with van der Waals surface area (Å²) < 4.78 is 0. The van der Waals surface area contributed by atoms with Gasteiger partial charge in [-0.15, -0.1) is 0 Å². The van der Waals surface area contributed by atoms with Crippen LogP contribution in [0.4, 0.5) is 0 Å². The molecule has 18 heavy (non-hydrogen) atoms. The molecule has 0 aromatic rings. The third-order valence-electron chi connectivity index (χ3n) is 4.45. The van der Waals surface area contributed by atoms with Crippen molar-refractivity contribution < 1.29 is 0 Å². The van der Waals surface area contributed by atoms with Crippen LogP contribution in [0.5, 0.6) is 0 Å². The molecule has 1 heteroatoms. The SMILES string of the molecule is CC1CCCCCCCNC(C)CCCCCC1. The molecule has 0 radical (unpaired) electrons. The summed E-state index contributed by atoms with van der Waals surface area (Å²) in [5.41, 5.74) is 0. The van der Waals surface area contributed by atoms with Gasteiger partial charge in [-0.2, -0.15) is 0 Å². The molecule has 0 spiro atoms. The highest BCUT2D eigenvalue weighted by molar-refractivity contribution is 4.62. The molecular weight excluding hydrogens is 218 g/mol. The maximum absolute atomic E-state index is 3.67. The van der Waals surface area contributed by atoms with Gasteiger partial charge in [0, 0.05) is 6.04 Å². The maximum atomic E-state index is 3.67. The minimum Gasteiger partial charge on any atom is -0.314 e. The summed E-state index contributed by atoms with van der Waals surface area (Å²) in [7, 11) is 0. The standard InChI is InChI=1S/C17H35N/c1-16-12-8-4-3-7-11-15-18-17(2)14-10-6-5-9-13-16/h16-18H,3-15H2,1-2H3. The summed E-state index contributed by atoms with van der Waals surface area (Å²) >= 11 is 0. The fourth-order valence-electron chi connectivity index (χ4n) is 3.04. The molecule has 1 nitrogen and oxygen atoms in total. The molecular formula is C17H35N. The van der Waals surface area contributed by atoms with E-state index in [2.05, 4.69) is 19.2 Å². The first-order chi connectivity index (χ1) is 8.79. The van der Waals surface area contributed by atoms with Gasteiger partial charge in [0.1, 0.15) is 0 Å². The van der Waals surface area contributed by atoms with Crippen molar-refractivity contribution in [1.82, 2.24) is 5.32 Å². The highest BCUT2D eigenvalue weighted by Gasteiger charge is 2.04. The van der Waals surface area contributed by atoms with E-state index in [1.54, 1.807) is 0 Å². The second kappa shape index (κ2) is 10.8. The van der Waals surface area contributed by atoms with Crippen LogP contribution in [0.25, 0.3) is 0 Å². The normalized spacial score (nSPS) is 31.0. The summed E-state index contributed by atoms with van der Waals surface area (Å²) in [6.07, 6.45) is 17.3. The van der Waals surface area contributed by atoms with Crippen molar-refractivity contribution in [3.63, 3.8) is 0 Å². The topological polar surface area (TPSA) is 12.0 Å².